The first kappa shape index (κ1) is 17.5. The van der Waals surface area contributed by atoms with Crippen LogP contribution in [0.3, 0.4) is 0 Å². The summed E-state index contributed by atoms with van der Waals surface area (Å²) in [5, 5.41) is 7.46. The van der Waals surface area contributed by atoms with Gasteiger partial charge in [0, 0.05) is 44.0 Å². The molecule has 0 amide bonds. The Labute approximate surface area is 156 Å². The first-order chi connectivity index (χ1) is 12.8. The van der Waals surface area contributed by atoms with Crippen LogP contribution >= 0.6 is 0 Å². The molecule has 2 saturated heterocycles. The van der Waals surface area contributed by atoms with Crippen LogP contribution in [0, 0.1) is 5.92 Å². The van der Waals surface area contributed by atoms with E-state index in [9.17, 15) is 0 Å². The van der Waals surface area contributed by atoms with Gasteiger partial charge in [0.2, 0.25) is 0 Å². The number of anilines is 1. The molecule has 0 aliphatic carbocycles. The highest BCUT2D eigenvalue weighted by Crippen LogP contribution is 2.19. The minimum Gasteiger partial charge on any atom is -0.384 e. The fourth-order valence-corrected chi connectivity index (χ4v) is 4.28. The second-order valence-corrected chi connectivity index (χ2v) is 7.66. The van der Waals surface area contributed by atoms with Crippen LogP contribution in [0.4, 0.5) is 5.82 Å². The van der Waals surface area contributed by atoms with Crippen molar-refractivity contribution in [3.63, 3.8) is 0 Å². The summed E-state index contributed by atoms with van der Waals surface area (Å²) in [5.41, 5.74) is 8.33. The Morgan fingerprint density at radius 2 is 2.00 bits per heavy atom. The van der Waals surface area contributed by atoms with E-state index in [2.05, 4.69) is 56.9 Å². The Morgan fingerprint density at radius 1 is 1.12 bits per heavy atom. The number of nitrogens with zero attached hydrogens (tertiary/aromatic N) is 2. The Kier molecular flexibility index (Phi) is 5.48. The molecule has 2 aromatic rings. The Morgan fingerprint density at radius 3 is 2.85 bits per heavy atom. The molecule has 5 heteroatoms. The van der Waals surface area contributed by atoms with Crippen LogP contribution in [0.25, 0.3) is 0 Å². The first-order valence-corrected chi connectivity index (χ1v) is 9.71. The van der Waals surface area contributed by atoms with Crippen molar-refractivity contribution in [1.29, 1.82) is 0 Å². The maximum Gasteiger partial charge on any atom is 0.123 e. The summed E-state index contributed by atoms with van der Waals surface area (Å²) in [6, 6.07) is 17.8. The van der Waals surface area contributed by atoms with E-state index in [0.29, 0.717) is 23.8 Å². The number of nitrogens with two attached hydrogens (primary N) is 1. The zero-order valence-electron chi connectivity index (χ0n) is 15.3. The molecule has 0 bridgehead atoms. The lowest BCUT2D eigenvalue weighted by Crippen LogP contribution is -2.44. The summed E-state index contributed by atoms with van der Waals surface area (Å²) in [6.45, 7) is 5.46. The van der Waals surface area contributed by atoms with Crippen LogP contribution in [0.15, 0.2) is 48.5 Å². The van der Waals surface area contributed by atoms with Crippen molar-refractivity contribution in [1.82, 2.24) is 20.5 Å². The lowest BCUT2D eigenvalue weighted by atomic mass is 9.96. The normalized spacial score (nSPS) is 26.4. The van der Waals surface area contributed by atoms with E-state index in [1.54, 1.807) is 0 Å². The van der Waals surface area contributed by atoms with Crippen molar-refractivity contribution in [3.05, 3.63) is 59.8 Å². The SMILES string of the molecule is Nc1cccc(C[C@@H]2CNC[C@@H]2N[C@H]2CCN(Cc3ccccc3)C2)n1. The van der Waals surface area contributed by atoms with Gasteiger partial charge in [-0.1, -0.05) is 36.4 Å². The van der Waals surface area contributed by atoms with Crippen molar-refractivity contribution in [2.75, 3.05) is 31.9 Å². The van der Waals surface area contributed by atoms with Gasteiger partial charge < -0.3 is 16.4 Å². The standard InChI is InChI=1S/C21H29N5/c22-21-8-4-7-18(25-21)11-17-12-23-13-20(17)24-19-9-10-26(15-19)14-16-5-2-1-3-6-16/h1-8,17,19-20,23-24H,9-15H2,(H2,22,25)/t17-,19+,20+/m1/s1. The third-order valence-electron chi connectivity index (χ3n) is 5.61. The van der Waals surface area contributed by atoms with Gasteiger partial charge in [0.15, 0.2) is 0 Å². The molecule has 1 aromatic carbocycles. The highest BCUT2D eigenvalue weighted by molar-refractivity contribution is 5.29. The van der Waals surface area contributed by atoms with Crippen LogP contribution in [0.1, 0.15) is 17.7 Å². The van der Waals surface area contributed by atoms with Gasteiger partial charge in [-0.15, -0.1) is 0 Å². The smallest absolute Gasteiger partial charge is 0.123 e. The largest absolute Gasteiger partial charge is 0.384 e. The average molecular weight is 351 g/mol. The molecule has 26 heavy (non-hydrogen) atoms. The molecule has 1 aromatic heterocycles. The summed E-state index contributed by atoms with van der Waals surface area (Å²) < 4.78 is 0. The van der Waals surface area contributed by atoms with Gasteiger partial charge in [0.1, 0.15) is 5.82 Å². The number of likely N-dealkylation sites (tertiary alicyclic amines) is 1. The van der Waals surface area contributed by atoms with Gasteiger partial charge in [-0.05, 0) is 43.0 Å². The predicted octanol–water partition coefficient (Wildman–Crippen LogP) is 1.66. The highest BCUT2D eigenvalue weighted by Gasteiger charge is 2.31. The molecule has 2 aliphatic rings. The topological polar surface area (TPSA) is 66.2 Å². The van der Waals surface area contributed by atoms with Crippen molar-refractivity contribution in [2.24, 2.45) is 5.92 Å². The molecule has 4 N–H and O–H groups in total. The summed E-state index contributed by atoms with van der Waals surface area (Å²) in [6.07, 6.45) is 2.21. The van der Waals surface area contributed by atoms with Crippen molar-refractivity contribution < 1.29 is 0 Å². The van der Waals surface area contributed by atoms with E-state index >= 15 is 0 Å². The maximum atomic E-state index is 5.83. The minimum absolute atomic E-state index is 0.514. The molecule has 138 valence electrons. The molecular formula is C21H29N5. The molecule has 0 unspecified atom stereocenters. The lowest BCUT2D eigenvalue weighted by molar-refractivity contribution is 0.307. The molecule has 2 aliphatic heterocycles. The van der Waals surface area contributed by atoms with Crippen LogP contribution in [0.2, 0.25) is 0 Å². The van der Waals surface area contributed by atoms with Crippen molar-refractivity contribution in [2.45, 2.75) is 31.5 Å². The van der Waals surface area contributed by atoms with Crippen LogP contribution < -0.4 is 16.4 Å². The zero-order valence-corrected chi connectivity index (χ0v) is 15.3. The fraction of sp³-hybridized carbons (Fsp3) is 0.476. The lowest BCUT2D eigenvalue weighted by Gasteiger charge is -2.24. The fourth-order valence-electron chi connectivity index (χ4n) is 4.28. The van der Waals surface area contributed by atoms with Crippen molar-refractivity contribution >= 4 is 5.82 Å². The molecule has 3 atom stereocenters. The van der Waals surface area contributed by atoms with E-state index in [4.69, 9.17) is 5.73 Å². The molecule has 0 saturated carbocycles. The summed E-state index contributed by atoms with van der Waals surface area (Å²) in [5.74, 6) is 1.19. The van der Waals surface area contributed by atoms with E-state index < -0.39 is 0 Å². The quantitative estimate of drug-likeness (QED) is 0.739. The maximum absolute atomic E-state index is 5.83. The van der Waals surface area contributed by atoms with Gasteiger partial charge in [-0.3, -0.25) is 4.90 Å². The Balaban J connectivity index is 1.29. The number of benzene rings is 1. The summed E-state index contributed by atoms with van der Waals surface area (Å²) in [4.78, 5) is 7.04. The van der Waals surface area contributed by atoms with E-state index in [0.717, 1.165) is 38.3 Å². The van der Waals surface area contributed by atoms with E-state index in [-0.39, 0.29) is 0 Å². The third-order valence-corrected chi connectivity index (χ3v) is 5.61. The Hall–Kier alpha value is -1.95. The van der Waals surface area contributed by atoms with Gasteiger partial charge >= 0.3 is 0 Å². The molecule has 3 heterocycles. The number of pyridine rings is 1. The zero-order chi connectivity index (χ0) is 17.8. The number of aromatic nitrogens is 1. The predicted molar refractivity (Wildman–Crippen MR) is 106 cm³/mol. The van der Waals surface area contributed by atoms with Crippen LogP contribution in [-0.2, 0) is 13.0 Å². The third kappa shape index (κ3) is 4.41. The summed E-state index contributed by atoms with van der Waals surface area (Å²) in [7, 11) is 0. The molecular weight excluding hydrogens is 322 g/mol. The molecule has 5 nitrogen and oxygen atoms in total. The second kappa shape index (κ2) is 8.16. The van der Waals surface area contributed by atoms with Gasteiger partial charge in [0.25, 0.3) is 0 Å². The Bertz CT molecular complexity index is 705. The average Bonchev–Trinajstić information content (AvgIpc) is 3.26. The molecule has 0 radical (unpaired) electrons. The van der Waals surface area contributed by atoms with E-state index in [1.165, 1.54) is 18.5 Å². The minimum atomic E-state index is 0.514. The van der Waals surface area contributed by atoms with E-state index in [1.807, 2.05) is 12.1 Å². The first-order valence-electron chi connectivity index (χ1n) is 9.71. The van der Waals surface area contributed by atoms with Crippen LogP contribution in [-0.4, -0.2) is 48.1 Å². The molecule has 2 fully saturated rings. The van der Waals surface area contributed by atoms with Gasteiger partial charge in [-0.25, -0.2) is 4.98 Å². The second-order valence-electron chi connectivity index (χ2n) is 7.66. The highest BCUT2D eigenvalue weighted by atomic mass is 15.2. The summed E-state index contributed by atoms with van der Waals surface area (Å²) >= 11 is 0. The number of hydrogen-bond acceptors (Lipinski definition) is 5. The number of nitrogen functional groups attached to an aromatic ring is 1. The van der Waals surface area contributed by atoms with Gasteiger partial charge in [0.05, 0.1) is 0 Å². The van der Waals surface area contributed by atoms with Crippen LogP contribution in [0.5, 0.6) is 0 Å². The van der Waals surface area contributed by atoms with Gasteiger partial charge in [-0.2, -0.15) is 0 Å². The number of hydrogen-bond donors (Lipinski definition) is 3. The molecule has 0 spiro atoms. The number of nitrogens with one attached hydrogen (secondary N) is 2. The molecule has 4 rings (SSSR count). The monoisotopic (exact) mass is 351 g/mol. The number of rotatable bonds is 6. The van der Waals surface area contributed by atoms with Crippen molar-refractivity contribution in [3.8, 4) is 0 Å².